The Bertz CT molecular complexity index is 1010. The van der Waals surface area contributed by atoms with Gasteiger partial charge in [0.25, 0.3) is 0 Å². The average Bonchev–Trinajstić information content (AvgIpc) is 3.23. The van der Waals surface area contributed by atoms with Crippen LogP contribution in [0.5, 0.6) is 0 Å². The Kier molecular flexibility index (Phi) is 7.77. The first-order chi connectivity index (χ1) is 16.0. The lowest BCUT2D eigenvalue weighted by atomic mass is 9.92. The van der Waals surface area contributed by atoms with Gasteiger partial charge in [-0.25, -0.2) is 4.79 Å². The summed E-state index contributed by atoms with van der Waals surface area (Å²) in [5, 5.41) is 3.88. The van der Waals surface area contributed by atoms with Gasteiger partial charge in [-0.2, -0.15) is 11.8 Å². The summed E-state index contributed by atoms with van der Waals surface area (Å²) in [4.78, 5) is 45.8. The number of oxime groups is 1. The number of rotatable bonds is 10. The fourth-order valence-corrected chi connectivity index (χ4v) is 7.77. The molecule has 0 aromatic heterocycles. The number of amides is 2. The highest BCUT2D eigenvalue weighted by molar-refractivity contribution is 8.01. The van der Waals surface area contributed by atoms with Gasteiger partial charge in [0.05, 0.1) is 13.0 Å². The largest absolute Gasteiger partial charge is 0.464 e. The monoisotopic (exact) mass is 506 g/mol. The predicted octanol–water partition coefficient (Wildman–Crippen LogP) is 3.99. The van der Waals surface area contributed by atoms with Crippen molar-refractivity contribution in [2.24, 2.45) is 21.9 Å². The molecule has 1 aromatic carbocycles. The van der Waals surface area contributed by atoms with Gasteiger partial charge in [-0.1, -0.05) is 57.1 Å². The zero-order valence-electron chi connectivity index (χ0n) is 21.0. The standard InChI is InChI=1S/C25H34N2O5S2/c1-23(2,3)12-13-27-20(28)19-24(4,15-33-7)25(19,22(27)30)34-14-16-10-8-9-11-17(16)18(26-32-6)21(29)31-5/h8-11,19H,12-15H2,1-7H3. The Morgan fingerprint density at radius 2 is 1.88 bits per heavy atom. The fourth-order valence-electron chi connectivity index (χ4n) is 4.83. The minimum atomic E-state index is -0.790. The van der Waals surface area contributed by atoms with Gasteiger partial charge < -0.3 is 9.57 Å². The van der Waals surface area contributed by atoms with E-state index >= 15 is 0 Å². The number of hydrogen-bond donors (Lipinski definition) is 0. The molecule has 0 bridgehead atoms. The Morgan fingerprint density at radius 1 is 1.21 bits per heavy atom. The third-order valence-electron chi connectivity index (χ3n) is 6.70. The number of thioether (sulfide) groups is 2. The minimum Gasteiger partial charge on any atom is -0.464 e. The summed E-state index contributed by atoms with van der Waals surface area (Å²) in [6, 6.07) is 7.37. The van der Waals surface area contributed by atoms with E-state index in [0.717, 1.165) is 17.7 Å². The first kappa shape index (κ1) is 26.6. The van der Waals surface area contributed by atoms with Crippen LogP contribution in [0.1, 0.15) is 45.2 Å². The summed E-state index contributed by atoms with van der Waals surface area (Å²) in [6.07, 6.45) is 2.76. The lowest BCUT2D eigenvalue weighted by Gasteiger charge is -2.29. The molecule has 1 saturated carbocycles. The van der Waals surface area contributed by atoms with Gasteiger partial charge in [0.1, 0.15) is 11.9 Å². The van der Waals surface area contributed by atoms with Crippen LogP contribution in [-0.4, -0.2) is 65.9 Å². The number of hydrogen-bond acceptors (Lipinski definition) is 8. The van der Waals surface area contributed by atoms with Crippen molar-refractivity contribution < 1.29 is 24.0 Å². The van der Waals surface area contributed by atoms with E-state index in [2.05, 4.69) is 32.9 Å². The van der Waals surface area contributed by atoms with E-state index in [1.807, 2.05) is 24.5 Å². The zero-order chi connectivity index (χ0) is 25.3. The maximum atomic E-state index is 13.7. The maximum Gasteiger partial charge on any atom is 0.360 e. The lowest BCUT2D eigenvalue weighted by molar-refractivity contribution is -0.143. The number of benzene rings is 1. The molecular weight excluding hydrogens is 472 g/mol. The van der Waals surface area contributed by atoms with E-state index in [9.17, 15) is 14.4 Å². The number of piperidine rings is 1. The van der Waals surface area contributed by atoms with Crippen molar-refractivity contribution in [1.29, 1.82) is 0 Å². The molecule has 2 fully saturated rings. The van der Waals surface area contributed by atoms with Crippen LogP contribution >= 0.6 is 23.5 Å². The number of fused-ring (bicyclic) bond motifs is 1. The second-order valence-electron chi connectivity index (χ2n) is 10.2. The molecule has 1 aliphatic carbocycles. The van der Waals surface area contributed by atoms with Gasteiger partial charge in [-0.05, 0) is 23.7 Å². The summed E-state index contributed by atoms with van der Waals surface area (Å²) < 4.78 is 4.09. The summed E-state index contributed by atoms with van der Waals surface area (Å²) in [5.41, 5.74) is 1.11. The number of carbonyl (C=O) groups excluding carboxylic acids is 3. The number of esters is 1. The molecule has 3 atom stereocenters. The van der Waals surface area contributed by atoms with E-state index in [-0.39, 0.29) is 28.9 Å². The molecule has 34 heavy (non-hydrogen) atoms. The van der Waals surface area contributed by atoms with Crippen LogP contribution in [0.4, 0.5) is 0 Å². The van der Waals surface area contributed by atoms with Crippen LogP contribution in [0.15, 0.2) is 29.4 Å². The van der Waals surface area contributed by atoms with Gasteiger partial charge in [0, 0.05) is 29.0 Å². The molecule has 3 unspecified atom stereocenters. The third kappa shape index (κ3) is 4.49. The molecular formula is C25H34N2O5S2. The molecule has 0 radical (unpaired) electrons. The van der Waals surface area contributed by atoms with E-state index in [1.165, 1.54) is 30.9 Å². The van der Waals surface area contributed by atoms with Crippen molar-refractivity contribution in [3.8, 4) is 0 Å². The molecule has 1 saturated heterocycles. The van der Waals surface area contributed by atoms with E-state index < -0.39 is 16.1 Å². The summed E-state index contributed by atoms with van der Waals surface area (Å²) in [7, 11) is 2.67. The van der Waals surface area contributed by atoms with Crippen LogP contribution in [0.25, 0.3) is 0 Å². The average molecular weight is 507 g/mol. The summed E-state index contributed by atoms with van der Waals surface area (Å²) >= 11 is 3.16. The normalized spacial score (nSPS) is 26.5. The predicted molar refractivity (Wildman–Crippen MR) is 137 cm³/mol. The molecule has 1 aliphatic heterocycles. The Morgan fingerprint density at radius 3 is 2.47 bits per heavy atom. The molecule has 0 spiro atoms. The molecule has 9 heteroatoms. The van der Waals surface area contributed by atoms with Crippen LogP contribution in [0, 0.1) is 16.7 Å². The number of likely N-dealkylation sites (tertiary alicyclic amines) is 1. The van der Waals surface area contributed by atoms with Gasteiger partial charge >= 0.3 is 5.97 Å². The Hall–Kier alpha value is -2.00. The van der Waals surface area contributed by atoms with Gasteiger partial charge in [-0.3, -0.25) is 14.5 Å². The maximum absolute atomic E-state index is 13.7. The van der Waals surface area contributed by atoms with Gasteiger partial charge in [0.2, 0.25) is 11.8 Å². The fraction of sp³-hybridized carbons (Fsp3) is 0.600. The molecule has 7 nitrogen and oxygen atoms in total. The quantitative estimate of drug-likeness (QED) is 0.205. The Labute approximate surface area is 210 Å². The highest BCUT2D eigenvalue weighted by Gasteiger charge is 2.85. The molecule has 2 amide bonds. The minimum absolute atomic E-state index is 0.0279. The van der Waals surface area contributed by atoms with E-state index in [1.54, 1.807) is 17.8 Å². The Balaban J connectivity index is 1.91. The smallest absolute Gasteiger partial charge is 0.360 e. The summed E-state index contributed by atoms with van der Waals surface area (Å²) in [6.45, 7) is 8.82. The van der Waals surface area contributed by atoms with Crippen LogP contribution in [-0.2, 0) is 29.7 Å². The topological polar surface area (TPSA) is 85.3 Å². The van der Waals surface area contributed by atoms with Crippen LogP contribution in [0.2, 0.25) is 0 Å². The SMILES string of the molecule is CON=C(C(=O)OC)c1ccccc1CSC12C(=O)N(CCC(C)(C)C)C(=O)C1C2(C)CSC. The molecule has 2 aliphatic rings. The van der Waals surface area contributed by atoms with Crippen molar-refractivity contribution in [3.63, 3.8) is 0 Å². The number of ether oxygens (including phenoxy) is 1. The first-order valence-corrected chi connectivity index (χ1v) is 13.6. The molecule has 1 aromatic rings. The summed E-state index contributed by atoms with van der Waals surface area (Å²) in [5.74, 6) is 0.115. The second kappa shape index (κ2) is 9.93. The van der Waals surface area contributed by atoms with Crippen molar-refractivity contribution >= 4 is 47.0 Å². The number of methoxy groups -OCH3 is 1. The van der Waals surface area contributed by atoms with Crippen LogP contribution in [0.3, 0.4) is 0 Å². The van der Waals surface area contributed by atoms with Gasteiger partial charge in [0.15, 0.2) is 5.71 Å². The van der Waals surface area contributed by atoms with Crippen molar-refractivity contribution in [2.75, 3.05) is 32.8 Å². The molecule has 1 heterocycles. The number of nitrogens with zero attached hydrogens (tertiary/aromatic N) is 2. The first-order valence-electron chi connectivity index (χ1n) is 11.2. The lowest BCUT2D eigenvalue weighted by Crippen LogP contribution is -2.43. The molecule has 186 valence electrons. The van der Waals surface area contributed by atoms with E-state index in [0.29, 0.717) is 17.9 Å². The van der Waals surface area contributed by atoms with Crippen molar-refractivity contribution in [1.82, 2.24) is 4.90 Å². The molecule has 3 rings (SSSR count). The van der Waals surface area contributed by atoms with Crippen molar-refractivity contribution in [3.05, 3.63) is 35.4 Å². The van der Waals surface area contributed by atoms with Gasteiger partial charge in [-0.15, -0.1) is 11.8 Å². The number of carbonyl (C=O) groups is 3. The zero-order valence-corrected chi connectivity index (χ0v) is 22.6. The highest BCUT2D eigenvalue weighted by Crippen LogP contribution is 2.74. The second-order valence-corrected chi connectivity index (χ2v) is 12.3. The third-order valence-corrected chi connectivity index (χ3v) is 9.38. The molecule has 0 N–H and O–H groups in total. The van der Waals surface area contributed by atoms with Crippen LogP contribution < -0.4 is 0 Å². The number of imide groups is 1. The van der Waals surface area contributed by atoms with Crippen molar-refractivity contribution in [2.45, 2.75) is 44.6 Å². The highest BCUT2D eigenvalue weighted by atomic mass is 32.2. The van der Waals surface area contributed by atoms with E-state index in [4.69, 9.17) is 9.57 Å².